The number of anilines is 1. The second-order valence-electron chi connectivity index (χ2n) is 4.89. The minimum absolute atomic E-state index is 0.280. The van der Waals surface area contributed by atoms with Crippen LogP contribution in [-0.2, 0) is 14.3 Å². The molecule has 0 radical (unpaired) electrons. The fourth-order valence-corrected chi connectivity index (χ4v) is 2.26. The molecule has 0 aromatic carbocycles. The third-order valence-corrected chi connectivity index (χ3v) is 3.19. The Morgan fingerprint density at radius 1 is 1.47 bits per heavy atom. The van der Waals surface area contributed by atoms with Gasteiger partial charge in [-0.3, -0.25) is 9.59 Å². The second kappa shape index (κ2) is 6.36. The van der Waals surface area contributed by atoms with Gasteiger partial charge in [0.05, 0.1) is 0 Å². The van der Waals surface area contributed by atoms with E-state index < -0.39 is 5.91 Å². The van der Waals surface area contributed by atoms with Crippen molar-refractivity contribution >= 4 is 17.7 Å². The fraction of sp³-hybridized carbons (Fsp3) is 0.615. The van der Waals surface area contributed by atoms with E-state index in [-0.39, 0.29) is 12.6 Å². The summed E-state index contributed by atoms with van der Waals surface area (Å²) in [5, 5.41) is 6.11. The summed E-state index contributed by atoms with van der Waals surface area (Å²) in [5.74, 6) is 0.642. The molecule has 0 unspecified atom stereocenters. The van der Waals surface area contributed by atoms with Gasteiger partial charge in [0.15, 0.2) is 12.4 Å². The second-order valence-corrected chi connectivity index (χ2v) is 4.89. The first-order chi connectivity index (χ1) is 9.13. The Morgan fingerprint density at radius 3 is 2.84 bits per heavy atom. The number of carbonyl (C=O) groups is 2. The average Bonchev–Trinajstić information content (AvgIpc) is 2.99. The van der Waals surface area contributed by atoms with Crippen molar-refractivity contribution in [2.24, 2.45) is 5.92 Å². The minimum atomic E-state index is -0.409. The molecular weight excluding hydrogens is 248 g/mol. The van der Waals surface area contributed by atoms with Gasteiger partial charge in [0.2, 0.25) is 0 Å². The third-order valence-electron chi connectivity index (χ3n) is 3.19. The number of rotatable bonds is 5. The van der Waals surface area contributed by atoms with E-state index in [0.717, 1.165) is 12.8 Å². The summed E-state index contributed by atoms with van der Waals surface area (Å²) in [7, 11) is 0. The number of hydrogen-bond donors (Lipinski definition) is 1. The lowest BCUT2D eigenvalue weighted by molar-refractivity contribution is -0.148. The number of amides is 1. The predicted octanol–water partition coefficient (Wildman–Crippen LogP) is 2.05. The molecule has 1 fully saturated rings. The topological polar surface area (TPSA) is 81.4 Å². The van der Waals surface area contributed by atoms with Crippen molar-refractivity contribution in [3.63, 3.8) is 0 Å². The van der Waals surface area contributed by atoms with E-state index in [2.05, 4.69) is 10.5 Å². The normalized spacial score (nSPS) is 15.4. The first kappa shape index (κ1) is 13.6. The minimum Gasteiger partial charge on any atom is -0.456 e. The molecule has 1 amide bonds. The van der Waals surface area contributed by atoms with Crippen LogP contribution in [0, 0.1) is 12.8 Å². The molecule has 1 aliphatic rings. The summed E-state index contributed by atoms with van der Waals surface area (Å²) < 4.78 is 9.74. The highest BCUT2D eigenvalue weighted by atomic mass is 16.5. The fourth-order valence-electron chi connectivity index (χ4n) is 2.26. The van der Waals surface area contributed by atoms with E-state index in [4.69, 9.17) is 9.26 Å². The van der Waals surface area contributed by atoms with Crippen LogP contribution in [0.2, 0.25) is 0 Å². The third kappa shape index (κ3) is 4.39. The average molecular weight is 266 g/mol. The maximum absolute atomic E-state index is 11.5. The van der Waals surface area contributed by atoms with Gasteiger partial charge in [-0.05, 0) is 25.7 Å². The summed E-state index contributed by atoms with van der Waals surface area (Å²) in [6.45, 7) is 1.45. The van der Waals surface area contributed by atoms with Crippen LogP contribution in [0.15, 0.2) is 10.6 Å². The van der Waals surface area contributed by atoms with Crippen molar-refractivity contribution in [1.82, 2.24) is 5.16 Å². The van der Waals surface area contributed by atoms with Gasteiger partial charge in [-0.1, -0.05) is 18.0 Å². The van der Waals surface area contributed by atoms with Crippen molar-refractivity contribution in [2.75, 3.05) is 11.9 Å². The molecule has 6 heteroatoms. The van der Waals surface area contributed by atoms with Crippen LogP contribution in [0.3, 0.4) is 0 Å². The first-order valence-corrected chi connectivity index (χ1v) is 6.52. The first-order valence-electron chi connectivity index (χ1n) is 6.52. The molecule has 0 saturated heterocycles. The van der Waals surface area contributed by atoms with E-state index in [0.29, 0.717) is 23.9 Å². The van der Waals surface area contributed by atoms with Crippen LogP contribution in [0.4, 0.5) is 5.82 Å². The number of carbonyl (C=O) groups excluding carboxylic acids is 2. The molecule has 2 rings (SSSR count). The van der Waals surface area contributed by atoms with Crippen molar-refractivity contribution in [2.45, 2.75) is 39.0 Å². The molecule has 0 bridgehead atoms. The van der Waals surface area contributed by atoms with Crippen LogP contribution in [0.5, 0.6) is 0 Å². The van der Waals surface area contributed by atoms with Crippen molar-refractivity contribution in [3.05, 3.63) is 11.8 Å². The van der Waals surface area contributed by atoms with Crippen molar-refractivity contribution in [3.8, 4) is 0 Å². The Hall–Kier alpha value is -1.85. The van der Waals surface area contributed by atoms with Gasteiger partial charge < -0.3 is 14.6 Å². The van der Waals surface area contributed by atoms with Crippen molar-refractivity contribution < 1.29 is 18.8 Å². The lowest BCUT2D eigenvalue weighted by Gasteiger charge is -2.08. The van der Waals surface area contributed by atoms with Crippen LogP contribution in [0.1, 0.15) is 37.9 Å². The monoisotopic (exact) mass is 266 g/mol. The molecule has 19 heavy (non-hydrogen) atoms. The molecule has 0 spiro atoms. The number of nitrogens with one attached hydrogen (secondary N) is 1. The smallest absolute Gasteiger partial charge is 0.306 e. The Labute approximate surface area is 111 Å². The number of hydrogen-bond acceptors (Lipinski definition) is 5. The van der Waals surface area contributed by atoms with E-state index in [1.54, 1.807) is 13.0 Å². The number of aryl methyl sites for hydroxylation is 1. The Bertz CT molecular complexity index is 449. The maximum atomic E-state index is 11.5. The summed E-state index contributed by atoms with van der Waals surface area (Å²) in [6, 6.07) is 1.60. The Balaban J connectivity index is 1.66. The Kier molecular flexibility index (Phi) is 4.54. The van der Waals surface area contributed by atoms with E-state index >= 15 is 0 Å². The summed E-state index contributed by atoms with van der Waals surface area (Å²) in [4.78, 5) is 23.0. The zero-order valence-corrected chi connectivity index (χ0v) is 11.0. The van der Waals surface area contributed by atoms with Gasteiger partial charge in [-0.15, -0.1) is 0 Å². The molecule has 1 heterocycles. The van der Waals surface area contributed by atoms with E-state index in [1.165, 1.54) is 12.8 Å². The molecule has 6 nitrogen and oxygen atoms in total. The van der Waals surface area contributed by atoms with E-state index in [9.17, 15) is 9.59 Å². The van der Waals surface area contributed by atoms with Crippen LogP contribution in [-0.4, -0.2) is 23.6 Å². The quantitative estimate of drug-likeness (QED) is 0.825. The zero-order valence-electron chi connectivity index (χ0n) is 11.0. The predicted molar refractivity (Wildman–Crippen MR) is 67.4 cm³/mol. The number of ether oxygens (including phenoxy) is 1. The molecule has 1 aromatic rings. The van der Waals surface area contributed by atoms with Gasteiger partial charge in [-0.25, -0.2) is 0 Å². The molecule has 1 aliphatic carbocycles. The molecule has 1 N–H and O–H groups in total. The highest BCUT2D eigenvalue weighted by molar-refractivity contribution is 5.91. The van der Waals surface area contributed by atoms with E-state index in [1.807, 2.05) is 0 Å². The summed E-state index contributed by atoms with van der Waals surface area (Å²) in [5.41, 5.74) is 0. The highest BCUT2D eigenvalue weighted by Crippen LogP contribution is 2.27. The van der Waals surface area contributed by atoms with Crippen molar-refractivity contribution in [1.29, 1.82) is 0 Å². The maximum Gasteiger partial charge on any atom is 0.306 e. The number of nitrogens with zero attached hydrogens (tertiary/aromatic N) is 1. The van der Waals surface area contributed by atoms with Crippen LogP contribution >= 0.6 is 0 Å². The van der Waals surface area contributed by atoms with Gasteiger partial charge in [0.25, 0.3) is 5.91 Å². The van der Waals surface area contributed by atoms with Crippen LogP contribution < -0.4 is 5.32 Å². The largest absolute Gasteiger partial charge is 0.456 e. The standard InChI is InChI=1S/C13H18N2O4/c1-9-6-11(15-19-9)14-12(16)8-18-13(17)7-10-4-2-3-5-10/h6,10H,2-5,7-8H2,1H3,(H,14,15,16). The van der Waals surface area contributed by atoms with Gasteiger partial charge in [-0.2, -0.15) is 0 Å². The number of aromatic nitrogens is 1. The summed E-state index contributed by atoms with van der Waals surface area (Å²) >= 11 is 0. The zero-order chi connectivity index (χ0) is 13.7. The lowest BCUT2D eigenvalue weighted by Crippen LogP contribution is -2.21. The number of esters is 1. The Morgan fingerprint density at radius 2 is 2.21 bits per heavy atom. The molecule has 1 saturated carbocycles. The molecular formula is C13H18N2O4. The van der Waals surface area contributed by atoms with Crippen LogP contribution in [0.25, 0.3) is 0 Å². The molecule has 0 aliphatic heterocycles. The molecule has 0 atom stereocenters. The highest BCUT2D eigenvalue weighted by Gasteiger charge is 2.19. The van der Waals surface area contributed by atoms with Gasteiger partial charge in [0, 0.05) is 12.5 Å². The van der Waals surface area contributed by atoms with Gasteiger partial charge >= 0.3 is 5.97 Å². The lowest BCUT2D eigenvalue weighted by atomic mass is 10.1. The summed E-state index contributed by atoms with van der Waals surface area (Å²) in [6.07, 6.45) is 4.95. The molecule has 104 valence electrons. The molecule has 1 aromatic heterocycles. The van der Waals surface area contributed by atoms with Gasteiger partial charge in [0.1, 0.15) is 5.76 Å². The SMILES string of the molecule is Cc1cc(NC(=O)COC(=O)CC2CCCC2)no1.